The minimum atomic E-state index is -1.58. The molecule has 0 aromatic heterocycles. The van der Waals surface area contributed by atoms with Crippen LogP contribution in [0.3, 0.4) is 0 Å². The second-order valence-electron chi connectivity index (χ2n) is 19.7. The zero-order valence-electron chi connectivity index (χ0n) is 44.3. The van der Waals surface area contributed by atoms with Crippen LogP contribution in [0.25, 0.3) is 0 Å². The third kappa shape index (κ3) is 38.9. The molecule has 1 aliphatic rings. The molecular weight excluding hydrogens is 863 g/mol. The van der Waals surface area contributed by atoms with E-state index in [4.69, 9.17) is 9.47 Å². The first-order valence-electron chi connectivity index (χ1n) is 28.7. The molecule has 1 heterocycles. The van der Waals surface area contributed by atoms with Crippen LogP contribution in [0, 0.1) is 0 Å². The van der Waals surface area contributed by atoms with Crippen molar-refractivity contribution in [1.82, 2.24) is 5.32 Å². The molecule has 7 unspecified atom stereocenters. The van der Waals surface area contributed by atoms with Crippen LogP contribution < -0.4 is 5.32 Å². The summed E-state index contributed by atoms with van der Waals surface area (Å²) in [7, 11) is 0. The minimum Gasteiger partial charge on any atom is -0.394 e. The first-order chi connectivity index (χ1) is 33.8. The van der Waals surface area contributed by atoms with Gasteiger partial charge in [-0.15, -0.1) is 0 Å². The number of hydrogen-bond donors (Lipinski definition) is 6. The highest BCUT2D eigenvalue weighted by Gasteiger charge is 2.44. The van der Waals surface area contributed by atoms with Gasteiger partial charge in [0, 0.05) is 6.42 Å². The van der Waals surface area contributed by atoms with Crippen molar-refractivity contribution in [2.24, 2.45) is 0 Å². The predicted octanol–water partition coefficient (Wildman–Crippen LogP) is 14.1. The Labute approximate surface area is 423 Å². The van der Waals surface area contributed by atoms with E-state index in [1.807, 2.05) is 6.08 Å². The maximum Gasteiger partial charge on any atom is 0.220 e. The number of amides is 1. The SMILES string of the molecule is CCCCCCC/C=C\C/C=C\C/C=C\CCCCCCCCCCC(=O)NC(COC1OC(CO)C(O)C(O)C1O)C(O)/C=C/CC/C=C/CC/C=C/CCCCCCCCCCCCCCC. The van der Waals surface area contributed by atoms with Crippen molar-refractivity contribution in [2.45, 2.75) is 288 Å². The minimum absolute atomic E-state index is 0.199. The molecule has 0 aromatic rings. The van der Waals surface area contributed by atoms with Crippen LogP contribution in [0.5, 0.6) is 0 Å². The standard InChI is InChI=1S/C60H107NO8/c1-3-5-7-9-11-13-15-17-19-21-23-25-27-29-31-33-35-37-39-41-43-45-47-49-54(63)53(52-68-60-59(67)58(66)57(65)55(51-62)69-60)61-56(64)50-48-46-44-42-40-38-36-34-32-30-28-26-24-22-20-18-16-14-12-10-8-6-4-2/h16,18,22,24,28,30-31,33,39,41,47,49,53-55,57-60,62-63,65-67H,3-15,17,19-21,23,25-27,29,32,34-38,40,42-46,48,50-52H2,1-2H3,(H,61,64)/b18-16-,24-22-,30-28-,33-31+,41-39+,49-47+. The van der Waals surface area contributed by atoms with E-state index in [1.54, 1.807) is 6.08 Å². The molecule has 1 rings (SSSR count). The monoisotopic (exact) mass is 970 g/mol. The van der Waals surface area contributed by atoms with Gasteiger partial charge in [0.05, 0.1) is 25.4 Å². The average Bonchev–Trinajstić information content (AvgIpc) is 3.35. The highest BCUT2D eigenvalue weighted by Crippen LogP contribution is 2.23. The maximum atomic E-state index is 13.0. The Morgan fingerprint density at radius 1 is 0.493 bits per heavy atom. The van der Waals surface area contributed by atoms with Crippen LogP contribution in [-0.2, 0) is 14.3 Å². The van der Waals surface area contributed by atoms with Crippen LogP contribution in [0.2, 0.25) is 0 Å². The number of allylic oxidation sites excluding steroid dienone is 11. The van der Waals surface area contributed by atoms with Crippen molar-refractivity contribution in [3.05, 3.63) is 72.9 Å². The van der Waals surface area contributed by atoms with Gasteiger partial charge in [0.15, 0.2) is 6.29 Å². The fourth-order valence-electron chi connectivity index (χ4n) is 8.67. The highest BCUT2D eigenvalue weighted by atomic mass is 16.7. The Hall–Kier alpha value is -2.37. The highest BCUT2D eigenvalue weighted by molar-refractivity contribution is 5.76. The summed E-state index contributed by atoms with van der Waals surface area (Å²) in [6.07, 6.45) is 61.0. The molecule has 1 aliphatic heterocycles. The zero-order chi connectivity index (χ0) is 50.1. The van der Waals surface area contributed by atoms with Gasteiger partial charge in [0.2, 0.25) is 5.91 Å². The number of unbranched alkanes of at least 4 members (excludes halogenated alkanes) is 28. The molecule has 0 aliphatic carbocycles. The molecule has 0 bridgehead atoms. The van der Waals surface area contributed by atoms with Gasteiger partial charge >= 0.3 is 0 Å². The first-order valence-corrected chi connectivity index (χ1v) is 28.7. The van der Waals surface area contributed by atoms with E-state index < -0.39 is 49.5 Å². The number of nitrogens with one attached hydrogen (secondary N) is 1. The Balaban J connectivity index is 2.30. The summed E-state index contributed by atoms with van der Waals surface area (Å²) in [5, 5.41) is 54.5. The lowest BCUT2D eigenvalue weighted by atomic mass is 9.99. The molecule has 9 heteroatoms. The number of aliphatic hydroxyl groups is 5. The van der Waals surface area contributed by atoms with Gasteiger partial charge in [-0.05, 0) is 83.5 Å². The first kappa shape index (κ1) is 64.6. The Kier molecular flexibility index (Phi) is 46.1. The van der Waals surface area contributed by atoms with Gasteiger partial charge in [0.1, 0.15) is 24.4 Å². The number of aliphatic hydroxyl groups excluding tert-OH is 5. The fourth-order valence-corrected chi connectivity index (χ4v) is 8.67. The molecule has 1 amide bonds. The molecule has 69 heavy (non-hydrogen) atoms. The topological polar surface area (TPSA) is 149 Å². The van der Waals surface area contributed by atoms with E-state index in [9.17, 15) is 30.3 Å². The zero-order valence-corrected chi connectivity index (χ0v) is 44.3. The van der Waals surface area contributed by atoms with Crippen molar-refractivity contribution in [1.29, 1.82) is 0 Å². The third-order valence-corrected chi connectivity index (χ3v) is 13.2. The summed E-state index contributed by atoms with van der Waals surface area (Å²) in [4.78, 5) is 13.0. The third-order valence-electron chi connectivity index (χ3n) is 13.2. The molecule has 1 fully saturated rings. The van der Waals surface area contributed by atoms with Gasteiger partial charge in [0.25, 0.3) is 0 Å². The van der Waals surface area contributed by atoms with Crippen LogP contribution in [0.15, 0.2) is 72.9 Å². The molecule has 400 valence electrons. The van der Waals surface area contributed by atoms with Gasteiger partial charge in [-0.3, -0.25) is 4.79 Å². The van der Waals surface area contributed by atoms with Crippen LogP contribution in [-0.4, -0.2) is 87.5 Å². The summed E-state index contributed by atoms with van der Waals surface area (Å²) in [5.74, 6) is -0.199. The van der Waals surface area contributed by atoms with Gasteiger partial charge in [-0.2, -0.15) is 0 Å². The second kappa shape index (κ2) is 49.2. The summed E-state index contributed by atoms with van der Waals surface area (Å²) in [6, 6.07) is -0.837. The molecule has 0 spiro atoms. The second-order valence-corrected chi connectivity index (χ2v) is 19.7. The molecule has 6 N–H and O–H groups in total. The lowest BCUT2D eigenvalue weighted by Gasteiger charge is -2.40. The van der Waals surface area contributed by atoms with E-state index >= 15 is 0 Å². The lowest BCUT2D eigenvalue weighted by Crippen LogP contribution is -2.60. The van der Waals surface area contributed by atoms with E-state index in [-0.39, 0.29) is 12.5 Å². The molecule has 9 nitrogen and oxygen atoms in total. The van der Waals surface area contributed by atoms with Crippen LogP contribution in [0.4, 0.5) is 0 Å². The number of carbonyl (C=O) groups is 1. The molecule has 1 saturated heterocycles. The fraction of sp³-hybridized carbons (Fsp3) is 0.783. The summed E-state index contributed by atoms with van der Waals surface area (Å²) in [5.41, 5.74) is 0. The Morgan fingerprint density at radius 3 is 1.32 bits per heavy atom. The Morgan fingerprint density at radius 2 is 0.870 bits per heavy atom. The van der Waals surface area contributed by atoms with E-state index in [2.05, 4.69) is 79.9 Å². The number of carbonyl (C=O) groups excluding carboxylic acids is 1. The van der Waals surface area contributed by atoms with Crippen molar-refractivity contribution < 1.29 is 39.8 Å². The molecule has 0 radical (unpaired) electrons. The summed E-state index contributed by atoms with van der Waals surface area (Å²) >= 11 is 0. The molecular formula is C60H107NO8. The molecule has 0 aromatic carbocycles. The summed E-state index contributed by atoms with van der Waals surface area (Å²) in [6.45, 7) is 3.75. The number of ether oxygens (including phenoxy) is 2. The Bertz CT molecular complexity index is 1310. The molecule has 7 atom stereocenters. The van der Waals surface area contributed by atoms with E-state index in [1.165, 1.54) is 154 Å². The van der Waals surface area contributed by atoms with E-state index in [0.717, 1.165) is 70.6 Å². The van der Waals surface area contributed by atoms with Gasteiger partial charge < -0.3 is 40.3 Å². The number of rotatable bonds is 48. The van der Waals surface area contributed by atoms with Gasteiger partial charge in [-0.25, -0.2) is 0 Å². The van der Waals surface area contributed by atoms with Crippen molar-refractivity contribution >= 4 is 5.91 Å². The predicted molar refractivity (Wildman–Crippen MR) is 290 cm³/mol. The smallest absolute Gasteiger partial charge is 0.220 e. The van der Waals surface area contributed by atoms with Gasteiger partial charge in [-0.1, -0.05) is 228 Å². The van der Waals surface area contributed by atoms with Crippen LogP contribution >= 0.6 is 0 Å². The number of hydrogen-bond acceptors (Lipinski definition) is 8. The lowest BCUT2D eigenvalue weighted by molar-refractivity contribution is -0.302. The van der Waals surface area contributed by atoms with Crippen LogP contribution in [0.1, 0.15) is 245 Å². The maximum absolute atomic E-state index is 13.0. The van der Waals surface area contributed by atoms with Crippen molar-refractivity contribution in [2.75, 3.05) is 13.2 Å². The van der Waals surface area contributed by atoms with Crippen molar-refractivity contribution in [3.8, 4) is 0 Å². The average molecular weight is 971 g/mol. The van der Waals surface area contributed by atoms with Crippen molar-refractivity contribution in [3.63, 3.8) is 0 Å². The quantitative estimate of drug-likeness (QED) is 0.0261. The summed E-state index contributed by atoms with van der Waals surface area (Å²) < 4.78 is 11.2. The van der Waals surface area contributed by atoms with E-state index in [0.29, 0.717) is 6.42 Å². The largest absolute Gasteiger partial charge is 0.394 e. The molecule has 0 saturated carbocycles. The normalized spacial score (nSPS) is 20.0.